The molecule has 0 saturated carbocycles. The van der Waals surface area contributed by atoms with Gasteiger partial charge in [-0.1, -0.05) is 68.8 Å². The van der Waals surface area contributed by atoms with Crippen molar-refractivity contribution >= 4 is 11.6 Å². The molecule has 2 N–H and O–H groups in total. The van der Waals surface area contributed by atoms with Gasteiger partial charge in [0.05, 0.1) is 24.9 Å². The molecule has 2 aromatic rings. The maximum absolute atomic E-state index is 10.0. The Balaban J connectivity index is 0.000000989. The Hall–Kier alpha value is -1.83. The minimum atomic E-state index is -0.448. The zero-order valence-electron chi connectivity index (χ0n) is 17.6. The number of aryl methyl sites for hydroxylation is 1. The van der Waals surface area contributed by atoms with Crippen LogP contribution in [0.1, 0.15) is 62.0 Å². The molecule has 1 aliphatic heterocycles. The van der Waals surface area contributed by atoms with Crippen molar-refractivity contribution in [3.8, 4) is 12.8 Å². The lowest BCUT2D eigenvalue weighted by Gasteiger charge is -2.32. The number of terminal acetylenes is 1. The fraction of sp³-hybridized carbons (Fsp3) is 0.440. The largest absolute Gasteiger partial charge is 0.394 e. The summed E-state index contributed by atoms with van der Waals surface area (Å²) in [5, 5.41) is 20.1. The molecule has 0 radical (unpaired) electrons. The Morgan fingerprint density at radius 2 is 1.66 bits per heavy atom. The summed E-state index contributed by atoms with van der Waals surface area (Å²) in [7, 11) is 0. The number of hydrogen-bond acceptors (Lipinski definition) is 3. The van der Waals surface area contributed by atoms with Crippen LogP contribution in [0.2, 0.25) is 5.02 Å². The standard InChI is InChI=1S/C21H25ClO3.C2H6.C2H2/c1-2-14-3-5-15(6-4-14)9-17-10-16(7-8-20(17)22)21-12-18(24)11-19(13-23)25-21;2*1-2/h3-8,10,18-19,21,23-24H,2,9,11-13H2,1H3;1-2H3;1-2H/t18-,19-,21+;;/m0../s1. The van der Waals surface area contributed by atoms with E-state index in [1.807, 2.05) is 26.0 Å². The van der Waals surface area contributed by atoms with Gasteiger partial charge in [-0.2, -0.15) is 0 Å². The van der Waals surface area contributed by atoms with Gasteiger partial charge in [-0.15, -0.1) is 12.8 Å². The average molecular weight is 417 g/mol. The quantitative estimate of drug-likeness (QED) is 0.646. The van der Waals surface area contributed by atoms with Gasteiger partial charge in [0.15, 0.2) is 0 Å². The molecule has 0 bridgehead atoms. The zero-order valence-corrected chi connectivity index (χ0v) is 18.4. The fourth-order valence-electron chi connectivity index (χ4n) is 3.37. The van der Waals surface area contributed by atoms with E-state index in [2.05, 4.69) is 50.1 Å². The maximum atomic E-state index is 10.0. The summed E-state index contributed by atoms with van der Waals surface area (Å²) in [6.45, 7) is 6.07. The van der Waals surface area contributed by atoms with Crippen LogP contribution in [0.3, 0.4) is 0 Å². The van der Waals surface area contributed by atoms with Crippen molar-refractivity contribution < 1.29 is 14.9 Å². The third-order valence-electron chi connectivity index (χ3n) is 4.85. The number of rotatable bonds is 5. The van der Waals surface area contributed by atoms with Gasteiger partial charge < -0.3 is 14.9 Å². The second kappa shape index (κ2) is 13.4. The molecule has 3 nitrogen and oxygen atoms in total. The second-order valence-electron chi connectivity index (χ2n) is 6.75. The highest BCUT2D eigenvalue weighted by molar-refractivity contribution is 6.31. The van der Waals surface area contributed by atoms with Crippen molar-refractivity contribution in [3.05, 3.63) is 69.7 Å². The molecule has 1 fully saturated rings. The van der Waals surface area contributed by atoms with Gasteiger partial charge in [0.25, 0.3) is 0 Å². The van der Waals surface area contributed by atoms with Gasteiger partial charge in [-0.05, 0) is 41.2 Å². The van der Waals surface area contributed by atoms with E-state index in [1.165, 1.54) is 11.1 Å². The van der Waals surface area contributed by atoms with Crippen LogP contribution < -0.4 is 0 Å². The number of ether oxygens (including phenoxy) is 1. The van der Waals surface area contributed by atoms with E-state index in [9.17, 15) is 10.2 Å². The van der Waals surface area contributed by atoms with E-state index in [1.54, 1.807) is 0 Å². The Kier molecular flexibility index (Phi) is 11.7. The van der Waals surface area contributed by atoms with Crippen LogP contribution in [0.15, 0.2) is 42.5 Å². The molecule has 0 aliphatic carbocycles. The Morgan fingerprint density at radius 1 is 1.03 bits per heavy atom. The van der Waals surface area contributed by atoms with Crippen LogP contribution in [0, 0.1) is 12.8 Å². The van der Waals surface area contributed by atoms with Crippen LogP contribution in [0.4, 0.5) is 0 Å². The first-order chi connectivity index (χ1) is 14.1. The van der Waals surface area contributed by atoms with Crippen LogP contribution >= 0.6 is 11.6 Å². The Bertz CT molecular complexity index is 739. The molecule has 0 spiro atoms. The highest BCUT2D eigenvalue weighted by atomic mass is 35.5. The lowest BCUT2D eigenvalue weighted by Crippen LogP contribution is -2.33. The van der Waals surface area contributed by atoms with Gasteiger partial charge in [0.2, 0.25) is 0 Å². The summed E-state index contributed by atoms with van der Waals surface area (Å²) < 4.78 is 5.91. The van der Waals surface area contributed by atoms with Crippen LogP contribution in [0.25, 0.3) is 0 Å². The Morgan fingerprint density at radius 3 is 2.24 bits per heavy atom. The van der Waals surface area contributed by atoms with Gasteiger partial charge in [-0.3, -0.25) is 0 Å². The van der Waals surface area contributed by atoms with Gasteiger partial charge in [0, 0.05) is 17.9 Å². The van der Waals surface area contributed by atoms with E-state index in [0.29, 0.717) is 12.8 Å². The van der Waals surface area contributed by atoms with Gasteiger partial charge >= 0.3 is 0 Å². The van der Waals surface area contributed by atoms with E-state index >= 15 is 0 Å². The molecule has 0 unspecified atom stereocenters. The fourth-order valence-corrected chi connectivity index (χ4v) is 3.55. The second-order valence-corrected chi connectivity index (χ2v) is 7.16. The molecule has 1 saturated heterocycles. The number of benzene rings is 2. The van der Waals surface area contributed by atoms with Gasteiger partial charge in [-0.25, -0.2) is 0 Å². The van der Waals surface area contributed by atoms with E-state index in [4.69, 9.17) is 16.3 Å². The Labute approximate surface area is 180 Å². The molecule has 2 aromatic carbocycles. The molecule has 1 aliphatic rings. The maximum Gasteiger partial charge on any atom is 0.0854 e. The summed E-state index contributed by atoms with van der Waals surface area (Å²) in [5.41, 5.74) is 4.59. The molecule has 0 aromatic heterocycles. The highest BCUT2D eigenvalue weighted by Crippen LogP contribution is 2.33. The topological polar surface area (TPSA) is 49.7 Å². The van der Waals surface area contributed by atoms with E-state index in [-0.39, 0.29) is 18.8 Å². The lowest BCUT2D eigenvalue weighted by molar-refractivity contribution is -0.113. The summed E-state index contributed by atoms with van der Waals surface area (Å²) in [6.07, 6.45) is 9.85. The monoisotopic (exact) mass is 416 g/mol. The van der Waals surface area contributed by atoms with Crippen molar-refractivity contribution in [2.45, 2.75) is 64.8 Å². The zero-order chi connectivity index (χ0) is 21.8. The molecule has 3 rings (SSSR count). The molecule has 158 valence electrons. The highest BCUT2D eigenvalue weighted by Gasteiger charge is 2.29. The summed E-state index contributed by atoms with van der Waals surface area (Å²) in [6, 6.07) is 14.5. The van der Waals surface area contributed by atoms with E-state index in [0.717, 1.165) is 29.0 Å². The number of aliphatic hydroxyl groups excluding tert-OH is 2. The lowest BCUT2D eigenvalue weighted by atomic mass is 9.94. The predicted molar refractivity (Wildman–Crippen MR) is 121 cm³/mol. The molecule has 0 amide bonds. The molecule has 4 heteroatoms. The predicted octanol–water partition coefficient (Wildman–Crippen LogP) is 5.34. The van der Waals surface area contributed by atoms with E-state index < -0.39 is 6.10 Å². The summed E-state index contributed by atoms with van der Waals surface area (Å²) in [4.78, 5) is 0. The van der Waals surface area contributed by atoms with Crippen molar-refractivity contribution in [1.29, 1.82) is 0 Å². The van der Waals surface area contributed by atoms with Crippen molar-refractivity contribution in [2.24, 2.45) is 0 Å². The first kappa shape index (κ1) is 25.2. The van der Waals surface area contributed by atoms with Crippen LogP contribution in [-0.4, -0.2) is 29.0 Å². The first-order valence-electron chi connectivity index (χ1n) is 10.2. The van der Waals surface area contributed by atoms with Crippen LogP contribution in [-0.2, 0) is 17.6 Å². The molecule has 3 atom stereocenters. The molecular formula is C25H33ClO3. The molecule has 29 heavy (non-hydrogen) atoms. The van der Waals surface area contributed by atoms with Crippen molar-refractivity contribution in [3.63, 3.8) is 0 Å². The number of aliphatic hydroxyl groups is 2. The number of hydrogen-bond donors (Lipinski definition) is 2. The summed E-state index contributed by atoms with van der Waals surface area (Å²) >= 11 is 6.40. The minimum Gasteiger partial charge on any atom is -0.394 e. The summed E-state index contributed by atoms with van der Waals surface area (Å²) in [5.74, 6) is 0. The minimum absolute atomic E-state index is 0.0716. The SMILES string of the molecule is C#C.CC.CCc1ccc(Cc2cc([C@H]3C[C@@H](O)C[C@@H](CO)O3)ccc2Cl)cc1. The molecule has 1 heterocycles. The third-order valence-corrected chi connectivity index (χ3v) is 5.22. The van der Waals surface area contributed by atoms with Gasteiger partial charge in [0.1, 0.15) is 0 Å². The van der Waals surface area contributed by atoms with Crippen molar-refractivity contribution in [1.82, 2.24) is 0 Å². The third kappa shape index (κ3) is 7.49. The normalized spacial score (nSPS) is 20.6. The van der Waals surface area contributed by atoms with Crippen LogP contribution in [0.5, 0.6) is 0 Å². The first-order valence-corrected chi connectivity index (χ1v) is 10.6. The number of halogens is 1. The average Bonchev–Trinajstić information content (AvgIpc) is 2.78. The smallest absolute Gasteiger partial charge is 0.0854 e. The molecular weight excluding hydrogens is 384 g/mol. The van der Waals surface area contributed by atoms with Crippen molar-refractivity contribution in [2.75, 3.05) is 6.61 Å².